The number of aryl methyl sites for hydroxylation is 1. The molecular formula is C22H29N3O6S. The molecule has 1 atom stereocenters. The van der Waals surface area contributed by atoms with Crippen molar-refractivity contribution in [2.75, 3.05) is 19.1 Å². The Morgan fingerprint density at radius 3 is 2.47 bits per heavy atom. The van der Waals surface area contributed by atoms with Gasteiger partial charge in [-0.25, -0.2) is 13.2 Å². The molecule has 174 valence electrons. The van der Waals surface area contributed by atoms with Gasteiger partial charge in [0.2, 0.25) is 5.91 Å². The molecule has 0 spiro atoms. The molecule has 10 heteroatoms. The van der Waals surface area contributed by atoms with Gasteiger partial charge in [-0.05, 0) is 25.8 Å². The van der Waals surface area contributed by atoms with Crippen molar-refractivity contribution < 1.29 is 27.5 Å². The Hall–Kier alpha value is -3.14. The second-order valence-corrected chi connectivity index (χ2v) is 9.70. The van der Waals surface area contributed by atoms with Crippen molar-refractivity contribution in [2.45, 2.75) is 39.5 Å². The first-order valence-electron chi connectivity index (χ1n) is 10.0. The molecule has 1 unspecified atom stereocenters. The Balaban J connectivity index is 2.03. The van der Waals surface area contributed by atoms with Gasteiger partial charge >= 0.3 is 6.09 Å². The van der Waals surface area contributed by atoms with E-state index >= 15 is 0 Å². The largest absolute Gasteiger partial charge is 0.496 e. The molecule has 0 aliphatic rings. The van der Waals surface area contributed by atoms with Crippen LogP contribution in [-0.4, -0.2) is 50.6 Å². The highest BCUT2D eigenvalue weighted by atomic mass is 32.2. The number of carbonyl (C=O) groups excluding carboxylic acids is 2. The van der Waals surface area contributed by atoms with Gasteiger partial charge < -0.3 is 20.1 Å². The highest BCUT2D eigenvalue weighted by Gasteiger charge is 2.23. The average Bonchev–Trinajstić information content (AvgIpc) is 2.75. The number of hydrogen-bond acceptors (Lipinski definition) is 7. The third-order valence-corrected chi connectivity index (χ3v) is 5.76. The Morgan fingerprint density at radius 1 is 1.16 bits per heavy atom. The van der Waals surface area contributed by atoms with Gasteiger partial charge in [-0.3, -0.25) is 9.78 Å². The lowest BCUT2D eigenvalue weighted by molar-refractivity contribution is -0.123. The number of amides is 2. The SMILES string of the molecule is COc1c(C)cnc(CNC(=O)C(CCS(C)(=O)=O)NC(=O)OCc2ccccc2)c1C. The summed E-state index contributed by atoms with van der Waals surface area (Å²) in [4.78, 5) is 29.3. The minimum atomic E-state index is -3.33. The van der Waals surface area contributed by atoms with Crippen molar-refractivity contribution in [1.82, 2.24) is 15.6 Å². The van der Waals surface area contributed by atoms with Gasteiger partial charge in [-0.15, -0.1) is 0 Å². The molecule has 1 aromatic heterocycles. The number of pyridine rings is 1. The van der Waals surface area contributed by atoms with Gasteiger partial charge in [-0.1, -0.05) is 30.3 Å². The van der Waals surface area contributed by atoms with E-state index in [1.54, 1.807) is 25.4 Å². The molecule has 2 N–H and O–H groups in total. The molecule has 0 saturated carbocycles. The number of ether oxygens (including phenoxy) is 2. The Morgan fingerprint density at radius 2 is 1.84 bits per heavy atom. The zero-order chi connectivity index (χ0) is 23.7. The highest BCUT2D eigenvalue weighted by Crippen LogP contribution is 2.23. The monoisotopic (exact) mass is 463 g/mol. The first-order valence-corrected chi connectivity index (χ1v) is 12.1. The Labute approximate surface area is 188 Å². The average molecular weight is 464 g/mol. The standard InChI is InChI=1S/C22H29N3O6S/c1-15-12-23-19(16(2)20(15)30-3)13-24-21(26)18(10-11-32(4,28)29)25-22(27)31-14-17-8-6-5-7-9-17/h5-9,12,18H,10-11,13-14H2,1-4H3,(H,24,26)(H,25,27). The number of carbonyl (C=O) groups is 2. The summed E-state index contributed by atoms with van der Waals surface area (Å²) in [7, 11) is -1.77. The van der Waals surface area contributed by atoms with Crippen LogP contribution in [0.15, 0.2) is 36.5 Å². The predicted octanol–water partition coefficient (Wildman–Crippen LogP) is 2.05. The third-order valence-electron chi connectivity index (χ3n) is 4.78. The zero-order valence-electron chi connectivity index (χ0n) is 18.7. The van der Waals surface area contributed by atoms with Gasteiger partial charge in [0, 0.05) is 23.6 Å². The fraction of sp³-hybridized carbons (Fsp3) is 0.409. The molecule has 9 nitrogen and oxygen atoms in total. The molecule has 2 aromatic rings. The number of sulfone groups is 1. The highest BCUT2D eigenvalue weighted by molar-refractivity contribution is 7.90. The van der Waals surface area contributed by atoms with E-state index in [0.717, 1.165) is 22.9 Å². The van der Waals surface area contributed by atoms with Crippen LogP contribution in [0.2, 0.25) is 0 Å². The van der Waals surface area contributed by atoms with E-state index in [4.69, 9.17) is 9.47 Å². The molecule has 0 aliphatic heterocycles. The van der Waals surface area contributed by atoms with Gasteiger partial charge in [0.1, 0.15) is 28.2 Å². The number of nitrogens with zero attached hydrogens (tertiary/aromatic N) is 1. The number of benzene rings is 1. The van der Waals surface area contributed by atoms with Gasteiger partial charge in [0.05, 0.1) is 25.1 Å². The quantitative estimate of drug-likeness (QED) is 0.553. The van der Waals surface area contributed by atoms with E-state index in [-0.39, 0.29) is 25.3 Å². The smallest absolute Gasteiger partial charge is 0.408 e. The molecular weight excluding hydrogens is 434 g/mol. The minimum Gasteiger partial charge on any atom is -0.496 e. The van der Waals surface area contributed by atoms with Crippen LogP contribution in [0.4, 0.5) is 4.79 Å². The number of aromatic nitrogens is 1. The topological polar surface area (TPSA) is 124 Å². The van der Waals surface area contributed by atoms with Gasteiger partial charge in [0.15, 0.2) is 0 Å². The summed E-state index contributed by atoms with van der Waals surface area (Å²) in [6.07, 6.45) is 1.82. The molecule has 1 heterocycles. The maximum Gasteiger partial charge on any atom is 0.408 e. The molecule has 0 bridgehead atoms. The van der Waals surface area contributed by atoms with Crippen molar-refractivity contribution in [1.29, 1.82) is 0 Å². The zero-order valence-corrected chi connectivity index (χ0v) is 19.5. The van der Waals surface area contributed by atoms with Gasteiger partial charge in [-0.2, -0.15) is 0 Å². The molecule has 2 rings (SSSR count). The van der Waals surface area contributed by atoms with Crippen LogP contribution in [0.25, 0.3) is 0 Å². The molecule has 0 aliphatic carbocycles. The third kappa shape index (κ3) is 7.84. The molecule has 2 amide bonds. The van der Waals surface area contributed by atoms with Crippen LogP contribution < -0.4 is 15.4 Å². The van der Waals surface area contributed by atoms with Crippen LogP contribution >= 0.6 is 0 Å². The fourth-order valence-corrected chi connectivity index (χ4v) is 3.71. The van der Waals surface area contributed by atoms with Crippen LogP contribution in [0.3, 0.4) is 0 Å². The summed E-state index contributed by atoms with van der Waals surface area (Å²) < 4.78 is 33.7. The molecule has 1 aromatic carbocycles. The van der Waals surface area contributed by atoms with Crippen molar-refractivity contribution in [3.63, 3.8) is 0 Å². The second kappa shape index (κ2) is 11.5. The van der Waals surface area contributed by atoms with E-state index < -0.39 is 27.9 Å². The fourth-order valence-electron chi connectivity index (χ4n) is 3.05. The normalized spacial score (nSPS) is 12.0. The summed E-state index contributed by atoms with van der Waals surface area (Å²) in [5.41, 5.74) is 3.05. The number of alkyl carbamates (subject to hydrolysis) is 1. The maximum absolute atomic E-state index is 12.7. The molecule has 0 saturated heterocycles. The van der Waals surface area contributed by atoms with Crippen molar-refractivity contribution >= 4 is 21.8 Å². The molecule has 0 fully saturated rings. The van der Waals surface area contributed by atoms with Crippen LogP contribution in [-0.2, 0) is 32.5 Å². The number of methoxy groups -OCH3 is 1. The van der Waals surface area contributed by atoms with E-state index in [1.165, 1.54) is 0 Å². The predicted molar refractivity (Wildman–Crippen MR) is 120 cm³/mol. The second-order valence-electron chi connectivity index (χ2n) is 7.44. The van der Waals surface area contributed by atoms with E-state index in [9.17, 15) is 18.0 Å². The lowest BCUT2D eigenvalue weighted by atomic mass is 10.1. The summed E-state index contributed by atoms with van der Waals surface area (Å²) in [6, 6.07) is 7.98. The number of hydrogen-bond donors (Lipinski definition) is 2. The first-order chi connectivity index (χ1) is 15.1. The summed E-state index contributed by atoms with van der Waals surface area (Å²) >= 11 is 0. The van der Waals surface area contributed by atoms with Crippen molar-refractivity contribution in [3.8, 4) is 5.75 Å². The van der Waals surface area contributed by atoms with Crippen LogP contribution in [0.5, 0.6) is 5.75 Å². The van der Waals surface area contributed by atoms with Crippen LogP contribution in [0, 0.1) is 13.8 Å². The minimum absolute atomic E-state index is 0.0271. The molecule has 32 heavy (non-hydrogen) atoms. The Kier molecular flexibility index (Phi) is 9.01. The maximum atomic E-state index is 12.7. The van der Waals surface area contributed by atoms with E-state index in [2.05, 4.69) is 15.6 Å². The first kappa shape index (κ1) is 25.1. The summed E-state index contributed by atoms with van der Waals surface area (Å²) in [5, 5.41) is 5.16. The summed E-state index contributed by atoms with van der Waals surface area (Å²) in [6.45, 7) is 3.82. The van der Waals surface area contributed by atoms with Gasteiger partial charge in [0.25, 0.3) is 0 Å². The van der Waals surface area contributed by atoms with E-state index in [0.29, 0.717) is 11.4 Å². The Bertz CT molecular complexity index is 1040. The number of rotatable bonds is 10. The lowest BCUT2D eigenvalue weighted by Crippen LogP contribution is -2.47. The number of nitrogens with one attached hydrogen (secondary N) is 2. The lowest BCUT2D eigenvalue weighted by Gasteiger charge is -2.19. The summed E-state index contributed by atoms with van der Waals surface area (Å²) in [5.74, 6) is -0.119. The van der Waals surface area contributed by atoms with Crippen molar-refractivity contribution in [2.24, 2.45) is 0 Å². The van der Waals surface area contributed by atoms with Crippen molar-refractivity contribution in [3.05, 3.63) is 58.9 Å². The van der Waals surface area contributed by atoms with Crippen LogP contribution in [0.1, 0.15) is 28.8 Å². The molecule has 0 radical (unpaired) electrons. The van der Waals surface area contributed by atoms with E-state index in [1.807, 2.05) is 32.0 Å².